The lowest BCUT2D eigenvalue weighted by Crippen LogP contribution is -2.59. The maximum absolute atomic E-state index is 14.2. The Hall–Kier alpha value is -3.06. The molecule has 12 heteroatoms. The van der Waals surface area contributed by atoms with Gasteiger partial charge < -0.3 is 35.0 Å². The van der Waals surface area contributed by atoms with Crippen LogP contribution in [0.5, 0.6) is 0 Å². The first-order valence-electron chi connectivity index (χ1n) is 19.5. The monoisotopic (exact) mass is 746 g/mol. The summed E-state index contributed by atoms with van der Waals surface area (Å²) in [4.78, 5) is 60.7. The van der Waals surface area contributed by atoms with E-state index in [1.54, 1.807) is 44.9 Å². The molecule has 302 valence electrons. The van der Waals surface area contributed by atoms with E-state index in [9.17, 15) is 24.3 Å². The first-order valence-corrected chi connectivity index (χ1v) is 19.5. The first-order chi connectivity index (χ1) is 24.8. The van der Waals surface area contributed by atoms with Crippen molar-refractivity contribution < 1.29 is 33.8 Å². The lowest BCUT2D eigenvalue weighted by atomic mass is 9.89. The molecule has 0 bridgehead atoms. The van der Waals surface area contributed by atoms with Crippen molar-refractivity contribution in [2.24, 2.45) is 23.7 Å². The number of likely N-dealkylation sites (tertiary alicyclic amines) is 1. The van der Waals surface area contributed by atoms with Crippen molar-refractivity contribution in [2.45, 2.75) is 137 Å². The van der Waals surface area contributed by atoms with Crippen LogP contribution in [0.15, 0.2) is 24.3 Å². The second-order valence-corrected chi connectivity index (χ2v) is 16.1. The zero-order valence-corrected chi connectivity index (χ0v) is 35.0. The third-order valence-electron chi connectivity index (χ3n) is 11.2. The smallest absolute Gasteiger partial charge is 0.245 e. The second kappa shape index (κ2) is 21.1. The molecule has 0 spiro atoms. The lowest BCUT2D eigenvalue weighted by Gasteiger charge is -2.41. The highest BCUT2D eigenvalue weighted by Gasteiger charge is 2.43. The van der Waals surface area contributed by atoms with Gasteiger partial charge in [-0.05, 0) is 64.1 Å². The first kappa shape index (κ1) is 46.1. The molecule has 3 N–H and O–H groups in total. The summed E-state index contributed by atoms with van der Waals surface area (Å²) in [5, 5.41) is 16.9. The number of aryl methyl sites for hydroxylation is 1. The van der Waals surface area contributed by atoms with Crippen LogP contribution in [0, 0.1) is 30.6 Å². The highest BCUT2D eigenvalue weighted by atomic mass is 16.5. The van der Waals surface area contributed by atoms with Crippen LogP contribution in [-0.2, 0) is 28.7 Å². The molecule has 1 aromatic carbocycles. The second-order valence-electron chi connectivity index (χ2n) is 16.1. The number of nitrogens with zero attached hydrogens (tertiary/aromatic N) is 3. The number of ether oxygens (including phenoxy) is 2. The highest BCUT2D eigenvalue weighted by molar-refractivity contribution is 5.90. The minimum Gasteiger partial charge on any atom is -0.386 e. The summed E-state index contributed by atoms with van der Waals surface area (Å²) in [6.45, 7) is 17.9. The molecule has 53 heavy (non-hydrogen) atoms. The molecule has 0 aromatic heterocycles. The molecule has 1 heterocycles. The van der Waals surface area contributed by atoms with Crippen molar-refractivity contribution in [3.8, 4) is 0 Å². The number of hydrogen-bond donors (Lipinski definition) is 3. The van der Waals surface area contributed by atoms with Crippen LogP contribution in [0.4, 0.5) is 0 Å². The van der Waals surface area contributed by atoms with E-state index in [1.165, 1.54) is 0 Å². The summed E-state index contributed by atoms with van der Waals surface area (Å²) in [5.41, 5.74) is 1.80. The normalized spacial score (nSPS) is 20.0. The number of hydrogen-bond acceptors (Lipinski definition) is 8. The molecule has 0 radical (unpaired) electrons. The SMILES string of the molecule is CCC(C)[C@@H](C(CC(=O)N1CCC[C@H]1[C@H](OC)[C@@H](C)C(=O)N[C@H](C)[C@@H](O)c1ccc(C)cc1)OC)N(C)C(=O)C(NC(=O)[C@H](C(C)C)N(C)C)C(C)C. The molecule has 3 unspecified atom stereocenters. The molecular formula is C41H71N5O7. The van der Waals surface area contributed by atoms with E-state index in [-0.39, 0.29) is 53.8 Å². The average molecular weight is 746 g/mol. The third-order valence-corrected chi connectivity index (χ3v) is 11.2. The van der Waals surface area contributed by atoms with Crippen LogP contribution in [-0.4, -0.2) is 128 Å². The fourth-order valence-corrected chi connectivity index (χ4v) is 7.90. The fraction of sp³-hybridized carbons (Fsp3) is 0.756. The minimum atomic E-state index is -0.881. The van der Waals surface area contributed by atoms with E-state index >= 15 is 0 Å². The van der Waals surface area contributed by atoms with Gasteiger partial charge in [0, 0.05) is 27.8 Å². The molecule has 1 fully saturated rings. The summed E-state index contributed by atoms with van der Waals surface area (Å²) in [7, 11) is 8.58. The topological polar surface area (TPSA) is 141 Å². The zero-order chi connectivity index (χ0) is 40.3. The molecule has 4 amide bonds. The molecule has 1 saturated heterocycles. The third kappa shape index (κ3) is 12.0. The van der Waals surface area contributed by atoms with E-state index < -0.39 is 48.4 Å². The Morgan fingerprint density at radius 2 is 1.51 bits per heavy atom. The van der Waals surface area contributed by atoms with E-state index in [0.717, 1.165) is 24.0 Å². The summed E-state index contributed by atoms with van der Waals surface area (Å²) >= 11 is 0. The summed E-state index contributed by atoms with van der Waals surface area (Å²) in [6.07, 6.45) is 0.138. The molecule has 0 saturated carbocycles. The van der Waals surface area contributed by atoms with Crippen molar-refractivity contribution in [2.75, 3.05) is 41.9 Å². The van der Waals surface area contributed by atoms with Gasteiger partial charge in [0.25, 0.3) is 0 Å². The van der Waals surface area contributed by atoms with Crippen molar-refractivity contribution in [3.05, 3.63) is 35.4 Å². The van der Waals surface area contributed by atoms with Gasteiger partial charge >= 0.3 is 0 Å². The van der Waals surface area contributed by atoms with Crippen LogP contribution >= 0.6 is 0 Å². The molecular weight excluding hydrogens is 674 g/mol. The Morgan fingerprint density at radius 3 is 2.00 bits per heavy atom. The number of carbonyl (C=O) groups excluding carboxylic acids is 4. The van der Waals surface area contributed by atoms with Crippen LogP contribution in [0.2, 0.25) is 0 Å². The number of nitrogens with one attached hydrogen (secondary N) is 2. The number of likely N-dealkylation sites (N-methyl/N-ethyl adjacent to an activating group) is 2. The average Bonchev–Trinajstić information content (AvgIpc) is 3.59. The maximum Gasteiger partial charge on any atom is 0.245 e. The highest BCUT2D eigenvalue weighted by Crippen LogP contribution is 2.30. The Balaban J connectivity index is 2.25. The van der Waals surface area contributed by atoms with Crippen molar-refractivity contribution in [1.29, 1.82) is 0 Å². The van der Waals surface area contributed by atoms with Gasteiger partial charge in [-0.1, -0.05) is 84.7 Å². The zero-order valence-electron chi connectivity index (χ0n) is 35.0. The van der Waals surface area contributed by atoms with Gasteiger partial charge in [-0.2, -0.15) is 0 Å². The van der Waals surface area contributed by atoms with Gasteiger partial charge in [-0.25, -0.2) is 0 Å². The van der Waals surface area contributed by atoms with Crippen molar-refractivity contribution in [1.82, 2.24) is 25.3 Å². The number of methoxy groups -OCH3 is 2. The van der Waals surface area contributed by atoms with Gasteiger partial charge in [0.1, 0.15) is 6.04 Å². The number of benzene rings is 1. The van der Waals surface area contributed by atoms with Crippen molar-refractivity contribution >= 4 is 23.6 Å². The summed E-state index contributed by atoms with van der Waals surface area (Å²) in [6, 6.07) is 5.09. The van der Waals surface area contributed by atoms with Gasteiger partial charge in [0.2, 0.25) is 23.6 Å². The molecule has 2 rings (SSSR count). The van der Waals surface area contributed by atoms with Gasteiger partial charge in [0.05, 0.1) is 54.8 Å². The van der Waals surface area contributed by atoms with E-state index in [4.69, 9.17) is 9.47 Å². The van der Waals surface area contributed by atoms with Crippen LogP contribution in [0.25, 0.3) is 0 Å². The Kier molecular flexibility index (Phi) is 18.4. The fourth-order valence-electron chi connectivity index (χ4n) is 7.90. The Morgan fingerprint density at radius 1 is 0.906 bits per heavy atom. The van der Waals surface area contributed by atoms with Gasteiger partial charge in [-0.3, -0.25) is 24.1 Å². The van der Waals surface area contributed by atoms with Crippen LogP contribution < -0.4 is 10.6 Å². The molecule has 1 aliphatic rings. The number of carbonyl (C=O) groups is 4. The molecule has 12 nitrogen and oxygen atoms in total. The van der Waals surface area contributed by atoms with E-state index in [2.05, 4.69) is 10.6 Å². The quantitative estimate of drug-likeness (QED) is 0.181. The number of aliphatic hydroxyl groups excluding tert-OH is 1. The summed E-state index contributed by atoms with van der Waals surface area (Å²) < 4.78 is 12.0. The van der Waals surface area contributed by atoms with Gasteiger partial charge in [0.15, 0.2) is 0 Å². The molecule has 1 aromatic rings. The lowest BCUT2D eigenvalue weighted by molar-refractivity contribution is -0.148. The van der Waals surface area contributed by atoms with Crippen LogP contribution in [0.3, 0.4) is 0 Å². The standard InChI is InChI=1S/C41H71N5O7/c1-15-27(7)36(45(12)41(51)34(24(2)3)43-40(50)35(25(4)5)44(10)11)32(52-13)23-33(47)46-22-16-17-31(46)38(53-14)28(8)39(49)42-29(9)37(48)30-20-18-26(6)19-21-30/h18-21,24-25,27-29,31-32,34-38,48H,15-17,22-23H2,1-14H3,(H,42,49)(H,43,50)/t27?,28-,29-,31+,32?,34?,35+,36+,37-,38-/m1/s1. The number of amides is 4. The number of rotatable bonds is 20. The Bertz CT molecular complexity index is 1310. The Labute approximate surface area is 319 Å². The molecule has 1 aliphatic heterocycles. The summed E-state index contributed by atoms with van der Waals surface area (Å²) in [5.74, 6) is -1.57. The predicted octanol–water partition coefficient (Wildman–Crippen LogP) is 4.18. The number of aliphatic hydroxyl groups is 1. The van der Waals surface area contributed by atoms with E-state index in [0.29, 0.717) is 13.0 Å². The van der Waals surface area contributed by atoms with Crippen molar-refractivity contribution in [3.63, 3.8) is 0 Å². The van der Waals surface area contributed by atoms with Crippen LogP contribution in [0.1, 0.15) is 98.3 Å². The molecule has 10 atom stereocenters. The predicted molar refractivity (Wildman–Crippen MR) is 209 cm³/mol. The van der Waals surface area contributed by atoms with E-state index in [1.807, 2.05) is 91.7 Å². The van der Waals surface area contributed by atoms with Gasteiger partial charge in [-0.15, -0.1) is 0 Å². The minimum absolute atomic E-state index is 0.0162. The largest absolute Gasteiger partial charge is 0.386 e. The molecule has 0 aliphatic carbocycles. The maximum atomic E-state index is 14.2.